The molecule has 0 spiro atoms. The van der Waals surface area contributed by atoms with E-state index in [4.69, 9.17) is 0 Å². The predicted octanol–water partition coefficient (Wildman–Crippen LogP) is 1.04. The first-order chi connectivity index (χ1) is 8.58. The van der Waals surface area contributed by atoms with E-state index in [1.807, 2.05) is 6.92 Å². The van der Waals surface area contributed by atoms with Crippen LogP contribution in [0.25, 0.3) is 0 Å². The average molecular weight is 274 g/mol. The summed E-state index contributed by atoms with van der Waals surface area (Å²) >= 11 is 0. The van der Waals surface area contributed by atoms with Crippen molar-refractivity contribution in [3.8, 4) is 0 Å². The Bertz CT molecular complexity index is 278. The van der Waals surface area contributed by atoms with E-state index in [9.17, 15) is 9.00 Å². The van der Waals surface area contributed by atoms with Crippen molar-refractivity contribution in [2.75, 3.05) is 25.1 Å². The molecule has 2 unspecified atom stereocenters. The van der Waals surface area contributed by atoms with Gasteiger partial charge >= 0.3 is 0 Å². The summed E-state index contributed by atoms with van der Waals surface area (Å²) in [7, 11) is -0.767. The SMILES string of the molecule is CC(CCS(C)=O)NC(=O)CCC1CCNCC1. The summed E-state index contributed by atoms with van der Waals surface area (Å²) in [5.74, 6) is 1.51. The quantitative estimate of drug-likeness (QED) is 0.729. The molecule has 1 aliphatic rings. The van der Waals surface area contributed by atoms with Crippen molar-refractivity contribution in [2.24, 2.45) is 5.92 Å². The number of amides is 1. The van der Waals surface area contributed by atoms with Gasteiger partial charge in [-0.1, -0.05) is 0 Å². The zero-order valence-corrected chi connectivity index (χ0v) is 12.4. The molecule has 0 bridgehead atoms. The molecule has 2 N–H and O–H groups in total. The summed E-state index contributed by atoms with van der Waals surface area (Å²) in [6, 6.07) is 0.134. The first kappa shape index (κ1) is 15.6. The summed E-state index contributed by atoms with van der Waals surface area (Å²) in [6.07, 6.45) is 6.51. The van der Waals surface area contributed by atoms with Gasteiger partial charge in [-0.2, -0.15) is 0 Å². The molecule has 2 atom stereocenters. The van der Waals surface area contributed by atoms with E-state index in [0.717, 1.165) is 25.9 Å². The maximum absolute atomic E-state index is 11.7. The first-order valence-corrected chi connectivity index (χ1v) is 8.60. The molecule has 0 radical (unpaired) electrons. The Labute approximate surface area is 113 Å². The van der Waals surface area contributed by atoms with Crippen LogP contribution < -0.4 is 10.6 Å². The smallest absolute Gasteiger partial charge is 0.220 e. The fourth-order valence-electron chi connectivity index (χ4n) is 2.27. The van der Waals surface area contributed by atoms with Crippen molar-refractivity contribution >= 4 is 16.7 Å². The Balaban J connectivity index is 2.10. The zero-order chi connectivity index (χ0) is 13.4. The van der Waals surface area contributed by atoms with Crippen molar-refractivity contribution in [2.45, 2.75) is 45.1 Å². The third kappa shape index (κ3) is 7.11. The third-order valence-electron chi connectivity index (χ3n) is 3.48. The van der Waals surface area contributed by atoms with Crippen molar-refractivity contribution in [3.63, 3.8) is 0 Å². The molecule has 1 fully saturated rings. The summed E-state index contributed by atoms with van der Waals surface area (Å²) in [5.41, 5.74) is 0. The second-order valence-electron chi connectivity index (χ2n) is 5.27. The highest BCUT2D eigenvalue weighted by molar-refractivity contribution is 7.84. The molecule has 0 aromatic heterocycles. The molecule has 0 aromatic rings. The second-order valence-corrected chi connectivity index (χ2v) is 6.82. The van der Waals surface area contributed by atoms with Crippen LogP contribution in [0.4, 0.5) is 0 Å². The topological polar surface area (TPSA) is 58.2 Å². The molecule has 1 heterocycles. The molecule has 106 valence electrons. The molecule has 0 saturated carbocycles. The Kier molecular flexibility index (Phi) is 7.51. The molecule has 1 aliphatic heterocycles. The van der Waals surface area contributed by atoms with E-state index < -0.39 is 10.8 Å². The minimum atomic E-state index is -0.767. The molecule has 0 aliphatic carbocycles. The van der Waals surface area contributed by atoms with Gasteiger partial charge in [0.05, 0.1) is 0 Å². The molecule has 1 saturated heterocycles. The van der Waals surface area contributed by atoms with Crippen LogP contribution in [0, 0.1) is 5.92 Å². The van der Waals surface area contributed by atoms with Gasteiger partial charge in [0.25, 0.3) is 0 Å². The standard InChI is InChI=1S/C13H26N2O2S/c1-11(7-10-18(2)17)15-13(16)4-3-12-5-8-14-9-6-12/h11-12,14H,3-10H2,1-2H3,(H,15,16). The number of nitrogens with one attached hydrogen (secondary N) is 2. The van der Waals surface area contributed by atoms with Gasteiger partial charge in [0.1, 0.15) is 0 Å². The van der Waals surface area contributed by atoms with Crippen molar-refractivity contribution < 1.29 is 9.00 Å². The van der Waals surface area contributed by atoms with Gasteiger partial charge in [-0.25, -0.2) is 0 Å². The van der Waals surface area contributed by atoms with Gasteiger partial charge in [0.2, 0.25) is 5.91 Å². The monoisotopic (exact) mass is 274 g/mol. The van der Waals surface area contributed by atoms with Crippen molar-refractivity contribution in [3.05, 3.63) is 0 Å². The van der Waals surface area contributed by atoms with Gasteiger partial charge in [-0.05, 0) is 51.6 Å². The number of carbonyl (C=O) groups excluding carboxylic acids is 1. The normalized spacial score (nSPS) is 20.3. The van der Waals surface area contributed by atoms with E-state index in [0.29, 0.717) is 18.1 Å². The van der Waals surface area contributed by atoms with E-state index >= 15 is 0 Å². The molecule has 5 heteroatoms. The van der Waals surface area contributed by atoms with Crippen LogP contribution in [-0.4, -0.2) is 41.3 Å². The summed E-state index contributed by atoms with van der Waals surface area (Å²) < 4.78 is 11.0. The second kappa shape index (κ2) is 8.64. The van der Waals surface area contributed by atoms with Gasteiger partial charge < -0.3 is 10.6 Å². The van der Waals surface area contributed by atoms with E-state index in [-0.39, 0.29) is 11.9 Å². The molecular weight excluding hydrogens is 248 g/mol. The van der Waals surface area contributed by atoms with Crippen LogP contribution in [-0.2, 0) is 15.6 Å². The lowest BCUT2D eigenvalue weighted by Crippen LogP contribution is -2.34. The largest absolute Gasteiger partial charge is 0.354 e. The van der Waals surface area contributed by atoms with Crippen LogP contribution in [0.1, 0.15) is 39.0 Å². The molecule has 4 nitrogen and oxygen atoms in total. The van der Waals surface area contributed by atoms with Gasteiger partial charge in [-0.15, -0.1) is 0 Å². The first-order valence-electron chi connectivity index (χ1n) is 6.88. The summed E-state index contributed by atoms with van der Waals surface area (Å²) in [4.78, 5) is 11.7. The Morgan fingerprint density at radius 2 is 2.11 bits per heavy atom. The van der Waals surface area contributed by atoms with Crippen LogP contribution in [0.15, 0.2) is 0 Å². The number of hydrogen-bond acceptors (Lipinski definition) is 3. The van der Waals surface area contributed by atoms with E-state index in [2.05, 4.69) is 10.6 Å². The van der Waals surface area contributed by atoms with Crippen LogP contribution in [0.5, 0.6) is 0 Å². The van der Waals surface area contributed by atoms with E-state index in [1.54, 1.807) is 6.26 Å². The Hall–Kier alpha value is -0.420. The van der Waals surface area contributed by atoms with Crippen LogP contribution in [0.3, 0.4) is 0 Å². The lowest BCUT2D eigenvalue weighted by atomic mass is 9.93. The minimum Gasteiger partial charge on any atom is -0.354 e. The van der Waals surface area contributed by atoms with Crippen molar-refractivity contribution in [1.29, 1.82) is 0 Å². The molecule has 1 amide bonds. The summed E-state index contributed by atoms with van der Waals surface area (Å²) in [6.45, 7) is 4.16. The maximum Gasteiger partial charge on any atom is 0.220 e. The lowest BCUT2D eigenvalue weighted by molar-refractivity contribution is -0.122. The molecule has 1 rings (SSSR count). The van der Waals surface area contributed by atoms with Crippen LogP contribution in [0.2, 0.25) is 0 Å². The van der Waals surface area contributed by atoms with Gasteiger partial charge in [0, 0.05) is 35.3 Å². The lowest BCUT2D eigenvalue weighted by Gasteiger charge is -2.22. The highest BCUT2D eigenvalue weighted by atomic mass is 32.2. The predicted molar refractivity (Wildman–Crippen MR) is 76.0 cm³/mol. The number of rotatable bonds is 7. The van der Waals surface area contributed by atoms with Gasteiger partial charge in [0.15, 0.2) is 0 Å². The molecule has 18 heavy (non-hydrogen) atoms. The van der Waals surface area contributed by atoms with Crippen molar-refractivity contribution in [1.82, 2.24) is 10.6 Å². The maximum atomic E-state index is 11.7. The highest BCUT2D eigenvalue weighted by Gasteiger charge is 2.15. The van der Waals surface area contributed by atoms with Crippen LogP contribution >= 0.6 is 0 Å². The average Bonchev–Trinajstić information content (AvgIpc) is 2.35. The van der Waals surface area contributed by atoms with E-state index in [1.165, 1.54) is 12.8 Å². The number of piperidine rings is 1. The third-order valence-corrected chi connectivity index (χ3v) is 4.29. The number of carbonyl (C=O) groups is 1. The Morgan fingerprint density at radius 3 is 2.72 bits per heavy atom. The van der Waals surface area contributed by atoms with Gasteiger partial charge in [-0.3, -0.25) is 9.00 Å². The molecular formula is C13H26N2O2S. The Morgan fingerprint density at radius 1 is 1.44 bits per heavy atom. The number of hydrogen-bond donors (Lipinski definition) is 2. The zero-order valence-electron chi connectivity index (χ0n) is 11.5. The minimum absolute atomic E-state index is 0.134. The molecule has 0 aromatic carbocycles. The fraction of sp³-hybridized carbons (Fsp3) is 0.923. The fourth-order valence-corrected chi connectivity index (χ4v) is 2.95. The summed E-state index contributed by atoms with van der Waals surface area (Å²) in [5, 5.41) is 6.32. The highest BCUT2D eigenvalue weighted by Crippen LogP contribution is 2.17.